The molecule has 1 aliphatic carbocycles. The summed E-state index contributed by atoms with van der Waals surface area (Å²) in [6, 6.07) is 4.14. The van der Waals surface area contributed by atoms with Crippen LogP contribution in [0.5, 0.6) is 0 Å². The fourth-order valence-corrected chi connectivity index (χ4v) is 3.54. The number of thiophene rings is 1. The Morgan fingerprint density at radius 2 is 2.24 bits per heavy atom. The van der Waals surface area contributed by atoms with E-state index in [1.54, 1.807) is 11.3 Å². The van der Waals surface area contributed by atoms with Gasteiger partial charge in [-0.25, -0.2) is 0 Å². The molecule has 2 nitrogen and oxygen atoms in total. The molecule has 0 aromatic carbocycles. The predicted octanol–water partition coefficient (Wildman–Crippen LogP) is 3.75. The van der Waals surface area contributed by atoms with Gasteiger partial charge >= 0.3 is 0 Å². The molecule has 1 aromatic heterocycles. The second-order valence-corrected chi connectivity index (χ2v) is 5.71. The molecule has 0 amide bonds. The van der Waals surface area contributed by atoms with E-state index >= 15 is 0 Å². The highest BCUT2D eigenvalue weighted by Crippen LogP contribution is 2.30. The molecule has 3 heteroatoms. The van der Waals surface area contributed by atoms with E-state index < -0.39 is 5.92 Å². The number of carbonyl (C=O) groups excluding carboxylic acids is 1. The van der Waals surface area contributed by atoms with Crippen molar-refractivity contribution >= 4 is 17.1 Å². The van der Waals surface area contributed by atoms with E-state index in [0.717, 1.165) is 17.7 Å². The lowest BCUT2D eigenvalue weighted by Crippen LogP contribution is -2.10. The van der Waals surface area contributed by atoms with E-state index in [0.29, 0.717) is 6.42 Å². The van der Waals surface area contributed by atoms with E-state index in [2.05, 4.69) is 6.07 Å². The van der Waals surface area contributed by atoms with Gasteiger partial charge in [0.2, 0.25) is 0 Å². The molecular weight excluding hydrogens is 230 g/mol. The highest BCUT2D eigenvalue weighted by Gasteiger charge is 2.22. The van der Waals surface area contributed by atoms with Gasteiger partial charge in [0.15, 0.2) is 5.78 Å². The largest absolute Gasteiger partial charge is 0.292 e. The van der Waals surface area contributed by atoms with Gasteiger partial charge in [-0.15, -0.1) is 11.3 Å². The van der Waals surface area contributed by atoms with Crippen molar-refractivity contribution in [3.8, 4) is 6.07 Å². The van der Waals surface area contributed by atoms with Crippen LogP contribution in [0.1, 0.15) is 52.7 Å². The Morgan fingerprint density at radius 3 is 2.94 bits per heavy atom. The van der Waals surface area contributed by atoms with E-state index in [4.69, 9.17) is 5.26 Å². The number of fused-ring (bicyclic) bond motifs is 1. The second-order valence-electron chi connectivity index (χ2n) is 4.57. The molecule has 0 bridgehead atoms. The summed E-state index contributed by atoms with van der Waals surface area (Å²) in [4.78, 5) is 14.3. The zero-order chi connectivity index (χ0) is 12.3. The first-order valence-corrected chi connectivity index (χ1v) is 7.13. The zero-order valence-electron chi connectivity index (χ0n) is 10.2. The minimum atomic E-state index is -0.461. The minimum Gasteiger partial charge on any atom is -0.292 e. The summed E-state index contributed by atoms with van der Waals surface area (Å²) in [6.45, 7) is 1.89. The van der Waals surface area contributed by atoms with Gasteiger partial charge in [-0.05, 0) is 43.7 Å². The first-order valence-electron chi connectivity index (χ1n) is 6.31. The Bertz CT molecular complexity index is 432. The van der Waals surface area contributed by atoms with Crippen LogP contribution in [0.15, 0.2) is 6.07 Å². The van der Waals surface area contributed by atoms with E-state index in [-0.39, 0.29) is 5.78 Å². The lowest BCUT2D eigenvalue weighted by atomic mass is 10.0. The molecule has 1 aromatic rings. The summed E-state index contributed by atoms with van der Waals surface area (Å²) in [5.74, 6) is -0.439. The van der Waals surface area contributed by atoms with Gasteiger partial charge in [0.25, 0.3) is 0 Å². The van der Waals surface area contributed by atoms with Crippen LogP contribution in [0.2, 0.25) is 0 Å². The predicted molar refractivity (Wildman–Crippen MR) is 69.3 cm³/mol. The fourth-order valence-electron chi connectivity index (χ4n) is 2.30. The Balaban J connectivity index is 2.23. The number of hydrogen-bond donors (Lipinski definition) is 0. The summed E-state index contributed by atoms with van der Waals surface area (Å²) in [6.07, 6.45) is 6.57. The molecule has 0 N–H and O–H groups in total. The van der Waals surface area contributed by atoms with Crippen molar-refractivity contribution in [2.24, 2.45) is 5.92 Å². The van der Waals surface area contributed by atoms with Crippen LogP contribution < -0.4 is 0 Å². The molecule has 0 radical (unpaired) electrons. The smallest absolute Gasteiger partial charge is 0.189 e. The SMILES string of the molecule is CCC(C#N)C(=O)c1cc2c(s1)CCCCC2. The van der Waals surface area contributed by atoms with Gasteiger partial charge in [-0.2, -0.15) is 5.26 Å². The van der Waals surface area contributed by atoms with Crippen molar-refractivity contribution in [3.05, 3.63) is 21.4 Å². The Morgan fingerprint density at radius 1 is 1.47 bits per heavy atom. The van der Waals surface area contributed by atoms with Crippen LogP contribution in [0, 0.1) is 17.2 Å². The van der Waals surface area contributed by atoms with Gasteiger partial charge in [0.05, 0.1) is 10.9 Å². The van der Waals surface area contributed by atoms with Crippen molar-refractivity contribution in [2.75, 3.05) is 0 Å². The van der Waals surface area contributed by atoms with Crippen LogP contribution in [0.25, 0.3) is 0 Å². The van der Waals surface area contributed by atoms with Crippen LogP contribution in [-0.4, -0.2) is 5.78 Å². The van der Waals surface area contributed by atoms with Gasteiger partial charge in [0.1, 0.15) is 5.92 Å². The fraction of sp³-hybridized carbons (Fsp3) is 0.571. The first-order chi connectivity index (χ1) is 8.26. The molecule has 2 rings (SSSR count). The highest BCUT2D eigenvalue weighted by atomic mass is 32.1. The normalized spacial score (nSPS) is 16.7. The average Bonchev–Trinajstić information content (AvgIpc) is 2.62. The number of hydrogen-bond acceptors (Lipinski definition) is 3. The Labute approximate surface area is 106 Å². The summed E-state index contributed by atoms with van der Waals surface area (Å²) < 4.78 is 0. The van der Waals surface area contributed by atoms with Crippen LogP contribution >= 0.6 is 11.3 Å². The lowest BCUT2D eigenvalue weighted by Gasteiger charge is -2.01. The maximum absolute atomic E-state index is 12.1. The second kappa shape index (κ2) is 5.46. The molecule has 1 unspecified atom stereocenters. The van der Waals surface area contributed by atoms with Gasteiger partial charge in [-0.1, -0.05) is 13.3 Å². The lowest BCUT2D eigenvalue weighted by molar-refractivity contribution is 0.0950. The monoisotopic (exact) mass is 247 g/mol. The van der Waals surface area contributed by atoms with Crippen molar-refractivity contribution in [3.63, 3.8) is 0 Å². The van der Waals surface area contributed by atoms with Crippen molar-refractivity contribution < 1.29 is 4.79 Å². The minimum absolute atomic E-state index is 0.0214. The number of rotatable bonds is 3. The number of aryl methyl sites for hydroxylation is 2. The third-order valence-electron chi connectivity index (χ3n) is 3.37. The van der Waals surface area contributed by atoms with E-state index in [1.807, 2.05) is 13.0 Å². The van der Waals surface area contributed by atoms with Crippen LogP contribution in [-0.2, 0) is 12.8 Å². The summed E-state index contributed by atoms with van der Waals surface area (Å²) in [5, 5.41) is 8.94. The first kappa shape index (κ1) is 12.3. The molecule has 1 atom stereocenters. The highest BCUT2D eigenvalue weighted by molar-refractivity contribution is 7.14. The van der Waals surface area contributed by atoms with E-state index in [9.17, 15) is 4.79 Å². The topological polar surface area (TPSA) is 40.9 Å². The molecule has 0 saturated carbocycles. The van der Waals surface area contributed by atoms with Gasteiger partial charge in [-0.3, -0.25) is 4.79 Å². The van der Waals surface area contributed by atoms with Crippen LogP contribution in [0.4, 0.5) is 0 Å². The van der Waals surface area contributed by atoms with Crippen molar-refractivity contribution in [1.82, 2.24) is 0 Å². The third kappa shape index (κ3) is 2.58. The molecule has 1 heterocycles. The average molecular weight is 247 g/mol. The zero-order valence-corrected chi connectivity index (χ0v) is 11.0. The maximum Gasteiger partial charge on any atom is 0.189 e. The molecule has 0 saturated heterocycles. The third-order valence-corrected chi connectivity index (χ3v) is 4.62. The molecule has 0 fully saturated rings. The molecule has 0 spiro atoms. The van der Waals surface area contributed by atoms with Gasteiger partial charge < -0.3 is 0 Å². The molecule has 90 valence electrons. The molecule has 0 aliphatic heterocycles. The van der Waals surface area contributed by atoms with Crippen molar-refractivity contribution in [1.29, 1.82) is 5.26 Å². The number of Topliss-reactive ketones (excluding diaryl/α,β-unsaturated/α-hetero) is 1. The number of nitrogens with zero attached hydrogens (tertiary/aromatic N) is 1. The molecule has 17 heavy (non-hydrogen) atoms. The van der Waals surface area contributed by atoms with Crippen molar-refractivity contribution in [2.45, 2.75) is 45.4 Å². The number of ketones is 1. The molecule has 1 aliphatic rings. The van der Waals surface area contributed by atoms with E-state index in [1.165, 1.54) is 29.7 Å². The summed E-state index contributed by atoms with van der Waals surface area (Å²) in [5.41, 5.74) is 1.35. The van der Waals surface area contributed by atoms with Crippen LogP contribution in [0.3, 0.4) is 0 Å². The summed E-state index contributed by atoms with van der Waals surface area (Å²) >= 11 is 1.62. The molecular formula is C14H17NOS. The number of carbonyl (C=O) groups is 1. The maximum atomic E-state index is 12.1. The standard InChI is InChI=1S/C14H17NOS/c1-2-10(9-15)14(16)13-8-11-6-4-3-5-7-12(11)17-13/h8,10H,2-7H2,1H3. The number of nitriles is 1. The Hall–Kier alpha value is -1.14. The Kier molecular flexibility index (Phi) is 3.96. The summed E-state index contributed by atoms with van der Waals surface area (Å²) in [7, 11) is 0. The quantitative estimate of drug-likeness (QED) is 0.603. The van der Waals surface area contributed by atoms with Gasteiger partial charge in [0, 0.05) is 4.88 Å².